The molecular weight excluding hydrogens is 333 g/mol. The first-order valence-electron chi connectivity index (χ1n) is 5.65. The summed E-state index contributed by atoms with van der Waals surface area (Å²) < 4.78 is 1.19. The van der Waals surface area contributed by atoms with Gasteiger partial charge in [-0.3, -0.25) is 4.79 Å². The van der Waals surface area contributed by atoms with Crippen LogP contribution in [0.2, 0.25) is 8.67 Å². The molecule has 0 atom stereocenters. The number of thiophene rings is 1. The maximum absolute atomic E-state index is 12.3. The van der Waals surface area contributed by atoms with Gasteiger partial charge in [0.25, 0.3) is 0 Å². The van der Waals surface area contributed by atoms with Gasteiger partial charge in [0.1, 0.15) is 4.34 Å². The summed E-state index contributed by atoms with van der Waals surface area (Å²) in [6.45, 7) is 0. The second-order valence-corrected chi connectivity index (χ2v) is 7.11. The van der Waals surface area contributed by atoms with Crippen molar-refractivity contribution in [2.24, 2.45) is 0 Å². The molecule has 2 aromatic heterocycles. The van der Waals surface area contributed by atoms with Crippen molar-refractivity contribution in [1.82, 2.24) is 4.98 Å². The van der Waals surface area contributed by atoms with Crippen LogP contribution in [-0.4, -0.2) is 10.8 Å². The number of hydrogen-bond donors (Lipinski definition) is 0. The second kappa shape index (κ2) is 5.66. The Balaban J connectivity index is 1.95. The summed E-state index contributed by atoms with van der Waals surface area (Å²) in [5.41, 5.74) is 2.08. The molecule has 0 radical (unpaired) electrons. The summed E-state index contributed by atoms with van der Waals surface area (Å²) in [6, 6.07) is 10.8. The monoisotopic (exact) mass is 339 g/mol. The normalized spacial score (nSPS) is 10.7. The Morgan fingerprint density at radius 1 is 1.15 bits per heavy atom. The molecule has 20 heavy (non-hydrogen) atoms. The van der Waals surface area contributed by atoms with Crippen molar-refractivity contribution in [3.8, 4) is 11.3 Å². The van der Waals surface area contributed by atoms with E-state index in [0.717, 1.165) is 5.56 Å². The number of rotatable bonds is 3. The van der Waals surface area contributed by atoms with E-state index in [1.165, 1.54) is 22.7 Å². The third kappa shape index (κ3) is 2.65. The number of ketones is 1. The highest BCUT2D eigenvalue weighted by molar-refractivity contribution is 7.20. The van der Waals surface area contributed by atoms with Gasteiger partial charge >= 0.3 is 0 Å². The van der Waals surface area contributed by atoms with Crippen LogP contribution in [-0.2, 0) is 0 Å². The highest BCUT2D eigenvalue weighted by Crippen LogP contribution is 2.38. The lowest BCUT2D eigenvalue weighted by Gasteiger charge is -1.96. The van der Waals surface area contributed by atoms with Crippen LogP contribution in [0, 0.1) is 0 Å². The number of carbonyl (C=O) groups excluding carboxylic acids is 1. The molecule has 0 N–H and O–H groups in total. The first kappa shape index (κ1) is 13.8. The third-order valence-corrected chi connectivity index (χ3v) is 5.00. The quantitative estimate of drug-likeness (QED) is 0.597. The molecule has 0 bridgehead atoms. The van der Waals surface area contributed by atoms with E-state index in [2.05, 4.69) is 4.98 Å². The van der Waals surface area contributed by atoms with Crippen molar-refractivity contribution in [3.05, 3.63) is 61.0 Å². The molecule has 0 unspecified atom stereocenters. The molecule has 6 heteroatoms. The van der Waals surface area contributed by atoms with Gasteiger partial charge in [0.15, 0.2) is 5.01 Å². The minimum absolute atomic E-state index is 0.0840. The van der Waals surface area contributed by atoms with Crippen LogP contribution in [0.5, 0.6) is 0 Å². The molecule has 0 fully saturated rings. The van der Waals surface area contributed by atoms with Gasteiger partial charge in [-0.05, 0) is 6.07 Å². The Hall–Kier alpha value is -1.20. The van der Waals surface area contributed by atoms with E-state index >= 15 is 0 Å². The zero-order valence-electron chi connectivity index (χ0n) is 9.97. The molecule has 1 aromatic carbocycles. The van der Waals surface area contributed by atoms with Crippen LogP contribution >= 0.6 is 45.9 Å². The van der Waals surface area contributed by atoms with Crippen molar-refractivity contribution in [3.63, 3.8) is 0 Å². The molecule has 3 aromatic rings. The Labute approximate surface area is 133 Å². The van der Waals surface area contributed by atoms with Crippen molar-refractivity contribution in [1.29, 1.82) is 0 Å². The average molecular weight is 340 g/mol. The zero-order valence-corrected chi connectivity index (χ0v) is 13.1. The fourth-order valence-electron chi connectivity index (χ4n) is 1.73. The lowest BCUT2D eigenvalue weighted by atomic mass is 10.1. The highest BCUT2D eigenvalue weighted by atomic mass is 35.5. The molecule has 0 saturated heterocycles. The van der Waals surface area contributed by atoms with Gasteiger partial charge in [-0.1, -0.05) is 53.5 Å². The Bertz CT molecular complexity index is 765. The average Bonchev–Trinajstić information content (AvgIpc) is 3.05. The lowest BCUT2D eigenvalue weighted by Crippen LogP contribution is -1.99. The maximum atomic E-state index is 12.3. The number of benzene rings is 1. The highest BCUT2D eigenvalue weighted by Gasteiger charge is 2.16. The van der Waals surface area contributed by atoms with Crippen molar-refractivity contribution < 1.29 is 4.79 Å². The van der Waals surface area contributed by atoms with Crippen LogP contribution in [0.3, 0.4) is 0 Å². The number of carbonyl (C=O) groups is 1. The summed E-state index contributed by atoms with van der Waals surface area (Å²) in [5, 5.41) is 2.27. The van der Waals surface area contributed by atoms with Gasteiger partial charge < -0.3 is 0 Å². The first-order chi connectivity index (χ1) is 9.65. The van der Waals surface area contributed by atoms with Gasteiger partial charge in [-0.2, -0.15) is 0 Å². The van der Waals surface area contributed by atoms with Gasteiger partial charge in [0.05, 0.1) is 10.0 Å². The molecule has 0 saturated carbocycles. The maximum Gasteiger partial charge on any atom is 0.221 e. The molecule has 100 valence electrons. The van der Waals surface area contributed by atoms with Crippen LogP contribution in [0.4, 0.5) is 0 Å². The Kier molecular flexibility index (Phi) is 3.89. The molecule has 0 amide bonds. The first-order valence-corrected chi connectivity index (χ1v) is 8.11. The van der Waals surface area contributed by atoms with E-state index in [-0.39, 0.29) is 5.78 Å². The van der Waals surface area contributed by atoms with Crippen LogP contribution < -0.4 is 0 Å². The number of aromatic nitrogens is 1. The number of nitrogens with zero attached hydrogens (tertiary/aromatic N) is 1. The van der Waals surface area contributed by atoms with E-state index in [0.29, 0.717) is 24.9 Å². The summed E-state index contributed by atoms with van der Waals surface area (Å²) in [4.78, 5) is 16.6. The van der Waals surface area contributed by atoms with Crippen molar-refractivity contribution in [2.75, 3.05) is 0 Å². The minimum atomic E-state index is -0.0840. The van der Waals surface area contributed by atoms with Crippen molar-refractivity contribution in [2.45, 2.75) is 0 Å². The summed E-state index contributed by atoms with van der Waals surface area (Å²) >= 11 is 14.6. The topological polar surface area (TPSA) is 30.0 Å². The zero-order chi connectivity index (χ0) is 14.1. The van der Waals surface area contributed by atoms with Crippen LogP contribution in [0.25, 0.3) is 11.3 Å². The molecule has 2 nitrogen and oxygen atoms in total. The van der Waals surface area contributed by atoms with E-state index in [1.54, 1.807) is 18.2 Å². The molecule has 0 spiro atoms. The van der Waals surface area contributed by atoms with E-state index < -0.39 is 0 Å². The summed E-state index contributed by atoms with van der Waals surface area (Å²) in [5.74, 6) is -0.0840. The fourth-order valence-corrected chi connectivity index (χ4v) is 3.99. The smallest absolute Gasteiger partial charge is 0.221 e. The predicted octanol–water partition coefficient (Wildman–Crippen LogP) is 5.41. The molecular formula is C14H7Cl2NOS2. The lowest BCUT2D eigenvalue weighted by molar-refractivity contribution is 0.103. The largest absolute Gasteiger partial charge is 0.286 e. The second-order valence-electron chi connectivity index (χ2n) is 3.97. The number of halogens is 2. The van der Waals surface area contributed by atoms with Gasteiger partial charge in [-0.25, -0.2) is 4.98 Å². The van der Waals surface area contributed by atoms with E-state index in [9.17, 15) is 4.79 Å². The summed E-state index contributed by atoms with van der Waals surface area (Å²) in [6.07, 6.45) is 0. The molecule has 0 aliphatic heterocycles. The fraction of sp³-hybridized carbons (Fsp3) is 0. The Morgan fingerprint density at radius 3 is 2.55 bits per heavy atom. The predicted molar refractivity (Wildman–Crippen MR) is 85.3 cm³/mol. The van der Waals surface area contributed by atoms with Gasteiger partial charge in [0, 0.05) is 16.5 Å². The van der Waals surface area contributed by atoms with Gasteiger partial charge in [-0.15, -0.1) is 22.7 Å². The van der Waals surface area contributed by atoms with Crippen LogP contribution in [0.15, 0.2) is 41.8 Å². The van der Waals surface area contributed by atoms with E-state index in [4.69, 9.17) is 23.2 Å². The molecule has 2 heterocycles. The van der Waals surface area contributed by atoms with Crippen molar-refractivity contribution >= 4 is 51.7 Å². The SMILES string of the molecule is O=C(c1ccccc1)c1nc(-c2cc(Cl)sc2Cl)cs1. The molecule has 0 aliphatic carbocycles. The number of thiazole rings is 1. The summed E-state index contributed by atoms with van der Waals surface area (Å²) in [7, 11) is 0. The van der Waals surface area contributed by atoms with Gasteiger partial charge in [0.2, 0.25) is 5.78 Å². The third-order valence-electron chi connectivity index (χ3n) is 2.67. The minimum Gasteiger partial charge on any atom is -0.286 e. The molecule has 3 rings (SSSR count). The standard InChI is InChI=1S/C14H7Cl2NOS2/c15-11-6-9(13(16)20-11)10-7-19-14(17-10)12(18)8-4-2-1-3-5-8/h1-7H. The van der Waals surface area contributed by atoms with Crippen LogP contribution in [0.1, 0.15) is 15.4 Å². The Morgan fingerprint density at radius 2 is 1.90 bits per heavy atom. The molecule has 0 aliphatic rings. The number of hydrogen-bond acceptors (Lipinski definition) is 4. The van der Waals surface area contributed by atoms with E-state index in [1.807, 2.05) is 23.6 Å².